The number of nitrogens with zero attached hydrogens (tertiary/aromatic N) is 1. The molecule has 0 aromatic rings. The van der Waals surface area contributed by atoms with Crippen molar-refractivity contribution in [3.05, 3.63) is 0 Å². The van der Waals surface area contributed by atoms with Crippen LogP contribution in [-0.2, 0) is 9.59 Å². The average molecular weight is 255 g/mol. The number of aliphatic imine (C=N–C) groups is 1. The normalized spacial score (nSPS) is 23.9. The van der Waals surface area contributed by atoms with Gasteiger partial charge < -0.3 is 16.2 Å². The highest BCUT2D eigenvalue weighted by molar-refractivity contribution is 5.85. The van der Waals surface area contributed by atoms with E-state index >= 15 is 0 Å². The van der Waals surface area contributed by atoms with Gasteiger partial charge in [-0.1, -0.05) is 6.92 Å². The Balaban J connectivity index is 2.09. The van der Waals surface area contributed by atoms with E-state index in [1.54, 1.807) is 6.21 Å². The molecule has 0 aromatic heterocycles. The van der Waals surface area contributed by atoms with Crippen LogP contribution < -0.4 is 11.1 Å². The maximum atomic E-state index is 11.7. The Morgan fingerprint density at radius 3 is 2.83 bits per heavy atom. The Labute approximate surface area is 107 Å². The molecule has 0 bridgehead atoms. The Hall–Kier alpha value is -1.43. The number of amides is 1. The van der Waals surface area contributed by atoms with E-state index in [1.165, 1.54) is 0 Å². The highest BCUT2D eigenvalue weighted by atomic mass is 16.4. The highest BCUT2D eigenvalue weighted by Gasteiger charge is 2.26. The van der Waals surface area contributed by atoms with Gasteiger partial charge in [0.2, 0.25) is 5.91 Å². The lowest BCUT2D eigenvalue weighted by Gasteiger charge is -2.13. The van der Waals surface area contributed by atoms with Gasteiger partial charge in [-0.25, -0.2) is 0 Å². The molecule has 0 aliphatic carbocycles. The monoisotopic (exact) mass is 255 g/mol. The van der Waals surface area contributed by atoms with Crippen LogP contribution in [0.4, 0.5) is 0 Å². The smallest absolute Gasteiger partial charge is 0.320 e. The fraction of sp³-hybridized carbons (Fsp3) is 0.750. The predicted octanol–water partition coefficient (Wildman–Crippen LogP) is 0.164. The molecule has 1 aliphatic rings. The molecule has 1 heterocycles. The Morgan fingerprint density at radius 2 is 2.28 bits per heavy atom. The molecule has 0 spiro atoms. The number of rotatable bonds is 7. The molecule has 102 valence electrons. The van der Waals surface area contributed by atoms with E-state index in [1.807, 2.05) is 6.92 Å². The average Bonchev–Trinajstić information content (AvgIpc) is 2.74. The summed E-state index contributed by atoms with van der Waals surface area (Å²) in [4.78, 5) is 26.3. The molecule has 3 atom stereocenters. The maximum absolute atomic E-state index is 11.7. The van der Waals surface area contributed by atoms with Gasteiger partial charge in [0, 0.05) is 12.8 Å². The minimum absolute atomic E-state index is 0.0428. The van der Waals surface area contributed by atoms with E-state index in [9.17, 15) is 9.59 Å². The van der Waals surface area contributed by atoms with E-state index in [0.29, 0.717) is 19.4 Å². The summed E-state index contributed by atoms with van der Waals surface area (Å²) in [6.07, 6.45) is 4.50. The van der Waals surface area contributed by atoms with Gasteiger partial charge in [-0.2, -0.15) is 0 Å². The number of carbonyl (C=O) groups is 2. The summed E-state index contributed by atoms with van der Waals surface area (Å²) >= 11 is 0. The Bertz CT molecular complexity index is 331. The third kappa shape index (κ3) is 4.44. The molecule has 1 aliphatic heterocycles. The Kier molecular flexibility index (Phi) is 5.77. The fourth-order valence-corrected chi connectivity index (χ4v) is 1.87. The maximum Gasteiger partial charge on any atom is 0.320 e. The van der Waals surface area contributed by atoms with Crippen LogP contribution in [0.15, 0.2) is 4.99 Å². The molecule has 0 radical (unpaired) electrons. The lowest BCUT2D eigenvalue weighted by Crippen LogP contribution is -2.36. The molecule has 0 aromatic carbocycles. The van der Waals surface area contributed by atoms with E-state index in [0.717, 1.165) is 12.8 Å². The molecule has 1 rings (SSSR count). The zero-order chi connectivity index (χ0) is 13.5. The van der Waals surface area contributed by atoms with Crippen molar-refractivity contribution in [2.24, 2.45) is 16.6 Å². The third-order valence-electron chi connectivity index (χ3n) is 3.11. The summed E-state index contributed by atoms with van der Waals surface area (Å²) in [7, 11) is 0. The van der Waals surface area contributed by atoms with E-state index in [2.05, 4.69) is 10.3 Å². The van der Waals surface area contributed by atoms with Crippen molar-refractivity contribution < 1.29 is 14.7 Å². The molecule has 1 amide bonds. The van der Waals surface area contributed by atoms with Gasteiger partial charge >= 0.3 is 5.97 Å². The van der Waals surface area contributed by atoms with Crippen molar-refractivity contribution in [1.82, 2.24) is 5.32 Å². The quantitative estimate of drug-likeness (QED) is 0.564. The van der Waals surface area contributed by atoms with E-state index in [-0.39, 0.29) is 17.9 Å². The molecule has 0 saturated carbocycles. The topological polar surface area (TPSA) is 105 Å². The SMILES string of the molecule is CC1CC=NC1C(=O)NCCCC[C@H](N)C(=O)O. The number of aliphatic carboxylic acids is 1. The van der Waals surface area contributed by atoms with Crippen molar-refractivity contribution in [2.45, 2.75) is 44.7 Å². The van der Waals surface area contributed by atoms with Crippen LogP contribution in [0.25, 0.3) is 0 Å². The third-order valence-corrected chi connectivity index (χ3v) is 3.11. The summed E-state index contributed by atoms with van der Waals surface area (Å²) in [6.45, 7) is 2.55. The number of carboxylic acids is 1. The zero-order valence-corrected chi connectivity index (χ0v) is 10.6. The van der Waals surface area contributed by atoms with Crippen molar-refractivity contribution >= 4 is 18.1 Å². The number of nitrogens with two attached hydrogens (primary N) is 1. The van der Waals surface area contributed by atoms with Gasteiger partial charge in [-0.15, -0.1) is 0 Å². The fourth-order valence-electron chi connectivity index (χ4n) is 1.87. The molecular weight excluding hydrogens is 234 g/mol. The number of carboxylic acid groups (broad SMARTS) is 1. The van der Waals surface area contributed by atoms with Crippen molar-refractivity contribution in [1.29, 1.82) is 0 Å². The van der Waals surface area contributed by atoms with Crippen molar-refractivity contribution in [3.63, 3.8) is 0 Å². The van der Waals surface area contributed by atoms with Gasteiger partial charge in [0.15, 0.2) is 0 Å². The van der Waals surface area contributed by atoms with Gasteiger partial charge in [0.25, 0.3) is 0 Å². The zero-order valence-electron chi connectivity index (χ0n) is 10.6. The molecule has 0 fully saturated rings. The largest absolute Gasteiger partial charge is 0.480 e. The molecule has 6 nitrogen and oxygen atoms in total. The predicted molar refractivity (Wildman–Crippen MR) is 68.5 cm³/mol. The summed E-state index contributed by atoms with van der Waals surface area (Å²) < 4.78 is 0. The molecule has 2 unspecified atom stereocenters. The highest BCUT2D eigenvalue weighted by Crippen LogP contribution is 2.16. The minimum Gasteiger partial charge on any atom is -0.480 e. The van der Waals surface area contributed by atoms with Gasteiger partial charge in [0.1, 0.15) is 12.1 Å². The molecular formula is C12H21N3O3. The van der Waals surface area contributed by atoms with Gasteiger partial charge in [-0.05, 0) is 31.6 Å². The van der Waals surface area contributed by atoms with Crippen LogP contribution in [0.2, 0.25) is 0 Å². The number of hydrogen-bond donors (Lipinski definition) is 3. The van der Waals surface area contributed by atoms with E-state index < -0.39 is 12.0 Å². The minimum atomic E-state index is -0.979. The molecule has 18 heavy (non-hydrogen) atoms. The molecule has 4 N–H and O–H groups in total. The summed E-state index contributed by atoms with van der Waals surface area (Å²) in [5, 5.41) is 11.4. The van der Waals surface area contributed by atoms with E-state index in [4.69, 9.17) is 10.8 Å². The molecule has 0 saturated heterocycles. The summed E-state index contributed by atoms with van der Waals surface area (Å²) in [6, 6.07) is -1.06. The van der Waals surface area contributed by atoms with Crippen LogP contribution in [-0.4, -0.2) is 41.8 Å². The second kappa shape index (κ2) is 7.10. The first-order valence-electron chi connectivity index (χ1n) is 6.30. The van der Waals surface area contributed by atoms with Gasteiger partial charge in [-0.3, -0.25) is 14.6 Å². The first-order valence-corrected chi connectivity index (χ1v) is 6.30. The van der Waals surface area contributed by atoms with Crippen molar-refractivity contribution in [2.75, 3.05) is 6.54 Å². The van der Waals surface area contributed by atoms with Crippen molar-refractivity contribution in [3.8, 4) is 0 Å². The molecule has 6 heteroatoms. The second-order valence-corrected chi connectivity index (χ2v) is 4.72. The number of unbranched alkanes of at least 4 members (excludes halogenated alkanes) is 1. The number of carbonyl (C=O) groups excluding carboxylic acids is 1. The van der Waals surface area contributed by atoms with Crippen LogP contribution in [0.1, 0.15) is 32.6 Å². The Morgan fingerprint density at radius 1 is 1.56 bits per heavy atom. The van der Waals surface area contributed by atoms with Crippen LogP contribution in [0.5, 0.6) is 0 Å². The number of nitrogens with one attached hydrogen (secondary N) is 1. The van der Waals surface area contributed by atoms with Crippen LogP contribution in [0.3, 0.4) is 0 Å². The first-order chi connectivity index (χ1) is 8.52. The van der Waals surface area contributed by atoms with Crippen LogP contribution in [0, 0.1) is 5.92 Å². The lowest BCUT2D eigenvalue weighted by atomic mass is 10.0. The van der Waals surface area contributed by atoms with Gasteiger partial charge in [0.05, 0.1) is 0 Å². The second-order valence-electron chi connectivity index (χ2n) is 4.72. The summed E-state index contributed by atoms with van der Waals surface area (Å²) in [5.41, 5.74) is 5.37. The first kappa shape index (κ1) is 14.6. The lowest BCUT2D eigenvalue weighted by molar-refractivity contribution is -0.138. The standard InChI is InChI=1S/C12H21N3O3/c1-8-5-7-14-10(8)11(16)15-6-3-2-4-9(13)12(17)18/h7-10H,2-6,13H2,1H3,(H,15,16)(H,17,18)/t8?,9-,10?/m0/s1. The summed E-state index contributed by atoms with van der Waals surface area (Å²) in [5.74, 6) is -0.752. The van der Waals surface area contributed by atoms with Crippen LogP contribution >= 0.6 is 0 Å². The number of hydrogen-bond acceptors (Lipinski definition) is 4.